The summed E-state index contributed by atoms with van der Waals surface area (Å²) < 4.78 is 10.7. The zero-order valence-corrected chi connectivity index (χ0v) is 13.5. The van der Waals surface area contributed by atoms with Crippen LogP contribution < -0.4 is 4.74 Å². The fourth-order valence-electron chi connectivity index (χ4n) is 2.07. The van der Waals surface area contributed by atoms with Crippen molar-refractivity contribution in [3.8, 4) is 5.75 Å². The highest BCUT2D eigenvalue weighted by Crippen LogP contribution is 2.21. The molecule has 0 bridgehead atoms. The van der Waals surface area contributed by atoms with Gasteiger partial charge in [-0.3, -0.25) is 4.79 Å². The summed E-state index contributed by atoms with van der Waals surface area (Å²) in [6.07, 6.45) is 0. The van der Waals surface area contributed by atoms with Crippen LogP contribution in [-0.2, 0) is 9.53 Å². The van der Waals surface area contributed by atoms with Crippen LogP contribution in [0.15, 0.2) is 54.6 Å². The van der Waals surface area contributed by atoms with E-state index in [2.05, 4.69) is 0 Å². The minimum atomic E-state index is -1.08. The zero-order valence-electron chi connectivity index (χ0n) is 13.5. The van der Waals surface area contributed by atoms with E-state index >= 15 is 0 Å². The summed E-state index contributed by atoms with van der Waals surface area (Å²) in [5, 5.41) is 0. The van der Waals surface area contributed by atoms with Crippen LogP contribution in [0.1, 0.15) is 36.7 Å². The molecule has 0 N–H and O–H groups in total. The van der Waals surface area contributed by atoms with Gasteiger partial charge < -0.3 is 9.47 Å². The molecule has 0 radical (unpaired) electrons. The van der Waals surface area contributed by atoms with Crippen molar-refractivity contribution in [2.24, 2.45) is 0 Å². The maximum absolute atomic E-state index is 12.3. The number of ketones is 1. The third kappa shape index (κ3) is 4.19. The molecule has 0 aliphatic carbocycles. The summed E-state index contributed by atoms with van der Waals surface area (Å²) in [5.41, 5.74) is 0.117. The molecule has 0 amide bonds. The van der Waals surface area contributed by atoms with E-state index in [1.165, 1.54) is 0 Å². The Morgan fingerprint density at radius 3 is 2.04 bits per heavy atom. The Labute approximate surface area is 136 Å². The molecule has 0 fully saturated rings. The van der Waals surface area contributed by atoms with Crippen LogP contribution in [0.5, 0.6) is 5.75 Å². The minimum Gasteiger partial charge on any atom is -0.476 e. The van der Waals surface area contributed by atoms with Gasteiger partial charge >= 0.3 is 5.97 Å². The van der Waals surface area contributed by atoms with Gasteiger partial charge in [0.1, 0.15) is 5.75 Å². The second kappa shape index (κ2) is 7.09. The highest BCUT2D eigenvalue weighted by Gasteiger charge is 2.31. The lowest BCUT2D eigenvalue weighted by molar-refractivity contribution is -0.158. The van der Waals surface area contributed by atoms with E-state index in [0.717, 1.165) is 0 Å². The van der Waals surface area contributed by atoms with Crippen molar-refractivity contribution in [2.45, 2.75) is 26.4 Å². The predicted octanol–water partition coefficient (Wildman–Crippen LogP) is 3.64. The molecular formula is C19H20O4. The summed E-state index contributed by atoms with van der Waals surface area (Å²) >= 11 is 0. The van der Waals surface area contributed by atoms with Gasteiger partial charge in [-0.1, -0.05) is 30.3 Å². The largest absolute Gasteiger partial charge is 0.476 e. The SMILES string of the molecule is CCOC(=O)C(C)(C)Oc1ccc(C(=O)c2ccccc2)cc1. The molecule has 0 saturated carbocycles. The van der Waals surface area contributed by atoms with Gasteiger partial charge in [-0.15, -0.1) is 0 Å². The Hall–Kier alpha value is -2.62. The van der Waals surface area contributed by atoms with Gasteiger partial charge in [-0.25, -0.2) is 4.79 Å². The Morgan fingerprint density at radius 2 is 1.48 bits per heavy atom. The smallest absolute Gasteiger partial charge is 0.349 e. The molecule has 4 heteroatoms. The van der Waals surface area contributed by atoms with E-state index < -0.39 is 11.6 Å². The van der Waals surface area contributed by atoms with Gasteiger partial charge in [-0.2, -0.15) is 0 Å². The number of rotatable bonds is 6. The Kier molecular flexibility index (Phi) is 5.16. The average Bonchev–Trinajstić information content (AvgIpc) is 2.55. The van der Waals surface area contributed by atoms with E-state index in [1.54, 1.807) is 57.2 Å². The highest BCUT2D eigenvalue weighted by atomic mass is 16.6. The summed E-state index contributed by atoms with van der Waals surface area (Å²) in [5.74, 6) is 0.0268. The van der Waals surface area contributed by atoms with Crippen LogP contribution in [0.4, 0.5) is 0 Å². The van der Waals surface area contributed by atoms with E-state index in [9.17, 15) is 9.59 Å². The van der Waals surface area contributed by atoms with Crippen LogP contribution in [0.25, 0.3) is 0 Å². The third-order valence-electron chi connectivity index (χ3n) is 3.29. The molecule has 0 saturated heterocycles. The Morgan fingerprint density at radius 1 is 0.913 bits per heavy atom. The minimum absolute atomic E-state index is 0.0539. The van der Waals surface area contributed by atoms with E-state index in [-0.39, 0.29) is 5.78 Å². The number of carbonyl (C=O) groups excluding carboxylic acids is 2. The molecular weight excluding hydrogens is 292 g/mol. The van der Waals surface area contributed by atoms with Crippen LogP contribution >= 0.6 is 0 Å². The fourth-order valence-corrected chi connectivity index (χ4v) is 2.07. The summed E-state index contributed by atoms with van der Waals surface area (Å²) in [6, 6.07) is 15.8. The zero-order chi connectivity index (χ0) is 16.9. The lowest BCUT2D eigenvalue weighted by atomic mass is 10.0. The Bertz CT molecular complexity index is 672. The summed E-state index contributed by atoms with van der Waals surface area (Å²) in [7, 11) is 0. The molecule has 0 unspecified atom stereocenters. The normalized spacial score (nSPS) is 10.9. The van der Waals surface area contributed by atoms with Crippen molar-refractivity contribution in [2.75, 3.05) is 6.61 Å². The number of ether oxygens (including phenoxy) is 2. The molecule has 2 aromatic carbocycles. The predicted molar refractivity (Wildman–Crippen MR) is 87.7 cm³/mol. The molecule has 23 heavy (non-hydrogen) atoms. The third-order valence-corrected chi connectivity index (χ3v) is 3.29. The standard InChI is InChI=1S/C19H20O4/c1-4-22-18(21)19(2,3)23-16-12-10-15(11-13-16)17(20)14-8-6-5-7-9-14/h5-13H,4H2,1-3H3. The molecule has 2 aromatic rings. The van der Waals surface area contributed by atoms with Gasteiger partial charge in [0, 0.05) is 11.1 Å². The first kappa shape index (κ1) is 16.7. The van der Waals surface area contributed by atoms with Crippen molar-refractivity contribution in [1.29, 1.82) is 0 Å². The molecule has 0 heterocycles. The van der Waals surface area contributed by atoms with Crippen molar-refractivity contribution < 1.29 is 19.1 Å². The maximum Gasteiger partial charge on any atom is 0.349 e. The Balaban J connectivity index is 2.11. The maximum atomic E-state index is 12.3. The molecule has 0 aliphatic rings. The molecule has 2 rings (SSSR count). The van der Waals surface area contributed by atoms with Gasteiger partial charge in [0.2, 0.25) is 0 Å². The van der Waals surface area contributed by atoms with Crippen LogP contribution in [-0.4, -0.2) is 24.0 Å². The topological polar surface area (TPSA) is 52.6 Å². The van der Waals surface area contributed by atoms with Crippen molar-refractivity contribution in [3.05, 3.63) is 65.7 Å². The van der Waals surface area contributed by atoms with Crippen LogP contribution in [0, 0.1) is 0 Å². The quantitative estimate of drug-likeness (QED) is 0.603. The van der Waals surface area contributed by atoms with Crippen molar-refractivity contribution >= 4 is 11.8 Å². The monoisotopic (exact) mass is 312 g/mol. The van der Waals surface area contributed by atoms with E-state index in [1.807, 2.05) is 18.2 Å². The van der Waals surface area contributed by atoms with Gasteiger partial charge in [0.05, 0.1) is 6.61 Å². The van der Waals surface area contributed by atoms with Crippen molar-refractivity contribution in [3.63, 3.8) is 0 Å². The molecule has 0 spiro atoms. The average molecular weight is 312 g/mol. The van der Waals surface area contributed by atoms with E-state index in [4.69, 9.17) is 9.47 Å². The molecule has 0 aromatic heterocycles. The number of hydrogen-bond donors (Lipinski definition) is 0. The highest BCUT2D eigenvalue weighted by molar-refractivity contribution is 6.08. The van der Waals surface area contributed by atoms with E-state index in [0.29, 0.717) is 23.5 Å². The fraction of sp³-hybridized carbons (Fsp3) is 0.263. The number of carbonyl (C=O) groups is 2. The van der Waals surface area contributed by atoms with Crippen molar-refractivity contribution in [1.82, 2.24) is 0 Å². The number of hydrogen-bond acceptors (Lipinski definition) is 4. The summed E-state index contributed by atoms with van der Waals surface area (Å²) in [6.45, 7) is 5.34. The first-order valence-electron chi connectivity index (χ1n) is 7.50. The van der Waals surface area contributed by atoms with Crippen LogP contribution in [0.3, 0.4) is 0 Å². The summed E-state index contributed by atoms with van der Waals surface area (Å²) in [4.78, 5) is 24.1. The number of benzene rings is 2. The lowest BCUT2D eigenvalue weighted by Gasteiger charge is -2.24. The first-order valence-corrected chi connectivity index (χ1v) is 7.50. The molecule has 4 nitrogen and oxygen atoms in total. The molecule has 120 valence electrons. The molecule has 0 aliphatic heterocycles. The van der Waals surface area contributed by atoms with Crippen LogP contribution in [0.2, 0.25) is 0 Å². The second-order valence-corrected chi connectivity index (χ2v) is 5.55. The number of esters is 1. The van der Waals surface area contributed by atoms with Gasteiger partial charge in [-0.05, 0) is 45.0 Å². The molecule has 0 atom stereocenters. The second-order valence-electron chi connectivity index (χ2n) is 5.55. The van der Waals surface area contributed by atoms with Gasteiger partial charge in [0.25, 0.3) is 0 Å². The first-order chi connectivity index (χ1) is 10.9. The lowest BCUT2D eigenvalue weighted by Crippen LogP contribution is -2.39. The van der Waals surface area contributed by atoms with Gasteiger partial charge in [0.15, 0.2) is 11.4 Å².